The lowest BCUT2D eigenvalue weighted by molar-refractivity contribution is -0.671. The maximum atomic E-state index is 13.1. The molecular weight excluding hydrogens is 568 g/mol. The van der Waals surface area contributed by atoms with Crippen molar-refractivity contribution in [1.82, 2.24) is 5.06 Å². The summed E-state index contributed by atoms with van der Waals surface area (Å²) in [5.74, 6) is -0.987. The van der Waals surface area contributed by atoms with E-state index in [2.05, 4.69) is 0 Å². The summed E-state index contributed by atoms with van der Waals surface area (Å²) in [6, 6.07) is 21.4. The number of ether oxygens (including phenoxy) is 4. The molecule has 3 aliphatic rings. The summed E-state index contributed by atoms with van der Waals surface area (Å²) in [5, 5.41) is 0.464. The van der Waals surface area contributed by atoms with E-state index < -0.39 is 36.0 Å². The smallest absolute Gasteiger partial charge is 0.370 e. The second kappa shape index (κ2) is 10.5. The molecule has 3 aliphatic heterocycles. The van der Waals surface area contributed by atoms with E-state index in [4.69, 9.17) is 23.8 Å². The number of imide groups is 1. The van der Waals surface area contributed by atoms with Crippen LogP contribution < -0.4 is 18.8 Å². The van der Waals surface area contributed by atoms with E-state index in [9.17, 15) is 19.2 Å². The van der Waals surface area contributed by atoms with Gasteiger partial charge in [0.05, 0.1) is 5.56 Å². The van der Waals surface area contributed by atoms with Gasteiger partial charge in [-0.15, -0.1) is 5.06 Å². The van der Waals surface area contributed by atoms with Gasteiger partial charge in [0.2, 0.25) is 0 Å². The number of carbonyl (C=O) groups excluding carboxylic acids is 4. The van der Waals surface area contributed by atoms with E-state index in [1.807, 2.05) is 60.4 Å². The van der Waals surface area contributed by atoms with Crippen molar-refractivity contribution in [2.75, 3.05) is 6.61 Å². The highest BCUT2D eigenvalue weighted by molar-refractivity contribution is 6.01. The van der Waals surface area contributed by atoms with Crippen LogP contribution in [0.3, 0.4) is 0 Å². The molecule has 220 valence electrons. The summed E-state index contributed by atoms with van der Waals surface area (Å²) < 4.78 is 26.1. The summed E-state index contributed by atoms with van der Waals surface area (Å²) in [6.07, 6.45) is 3.85. The molecule has 11 heteroatoms. The number of pyridine rings is 1. The Kier molecular flexibility index (Phi) is 6.50. The fourth-order valence-corrected chi connectivity index (χ4v) is 5.54. The number of hydrogen-bond donors (Lipinski definition) is 0. The predicted molar refractivity (Wildman–Crippen MR) is 149 cm³/mol. The van der Waals surface area contributed by atoms with Gasteiger partial charge in [-0.3, -0.25) is 9.59 Å². The molecular formula is C33H25N2O9+. The zero-order valence-corrected chi connectivity index (χ0v) is 23.5. The number of aromatic nitrogens is 1. The SMILES string of the molecule is C[n+]1ccc(COc2ccc3c(c2)Oc2cc(OCC(=O)ON4C(=O)CCC4=O)ccc2C32OC(=O)c3ccccc32)cc1. The van der Waals surface area contributed by atoms with Crippen molar-refractivity contribution in [1.29, 1.82) is 0 Å². The van der Waals surface area contributed by atoms with Crippen LogP contribution in [0.4, 0.5) is 0 Å². The van der Waals surface area contributed by atoms with Crippen LogP contribution in [0.5, 0.6) is 23.0 Å². The fraction of sp³-hybridized carbons (Fsp3) is 0.182. The van der Waals surface area contributed by atoms with E-state index in [-0.39, 0.29) is 18.6 Å². The molecule has 0 N–H and O–H groups in total. The van der Waals surface area contributed by atoms with E-state index in [0.29, 0.717) is 51.2 Å². The Hall–Kier alpha value is -5.71. The van der Waals surface area contributed by atoms with Crippen molar-refractivity contribution in [2.24, 2.45) is 7.05 Å². The maximum Gasteiger partial charge on any atom is 0.370 e. The van der Waals surface area contributed by atoms with Crippen molar-refractivity contribution in [3.05, 3.63) is 113 Å². The van der Waals surface area contributed by atoms with Gasteiger partial charge >= 0.3 is 11.9 Å². The third-order valence-corrected chi connectivity index (χ3v) is 7.67. The number of aryl methyl sites for hydroxylation is 1. The summed E-state index contributed by atoms with van der Waals surface area (Å²) in [4.78, 5) is 53.8. The largest absolute Gasteiger partial charge is 0.489 e. The Labute approximate surface area is 251 Å². The minimum atomic E-state index is -1.29. The maximum absolute atomic E-state index is 13.1. The van der Waals surface area contributed by atoms with E-state index in [1.165, 1.54) is 0 Å². The zero-order valence-electron chi connectivity index (χ0n) is 23.5. The van der Waals surface area contributed by atoms with Crippen LogP contribution in [0.15, 0.2) is 85.2 Å². The van der Waals surface area contributed by atoms with Crippen molar-refractivity contribution >= 4 is 23.8 Å². The second-order valence-corrected chi connectivity index (χ2v) is 10.5. The van der Waals surface area contributed by atoms with Gasteiger partial charge in [0.1, 0.15) is 36.7 Å². The topological polar surface area (TPSA) is 122 Å². The third-order valence-electron chi connectivity index (χ3n) is 7.67. The Balaban J connectivity index is 1.20. The zero-order chi connectivity index (χ0) is 30.4. The lowest BCUT2D eigenvalue weighted by Gasteiger charge is -2.36. The molecule has 44 heavy (non-hydrogen) atoms. The molecule has 1 spiro atoms. The van der Waals surface area contributed by atoms with Crippen molar-refractivity contribution in [2.45, 2.75) is 25.0 Å². The quantitative estimate of drug-likeness (QED) is 0.180. The number of fused-ring (bicyclic) bond motifs is 6. The minimum absolute atomic E-state index is 0.01000. The summed E-state index contributed by atoms with van der Waals surface area (Å²) in [5.41, 5.74) is 1.99. The lowest BCUT2D eigenvalue weighted by atomic mass is 9.77. The number of amides is 2. The van der Waals surface area contributed by atoms with E-state index >= 15 is 0 Å². The first-order valence-corrected chi connectivity index (χ1v) is 13.9. The Morgan fingerprint density at radius 2 is 1.48 bits per heavy atom. The molecule has 4 aromatic rings. The average molecular weight is 594 g/mol. The molecule has 4 heterocycles. The molecule has 11 nitrogen and oxygen atoms in total. The molecule has 0 radical (unpaired) electrons. The molecule has 1 saturated heterocycles. The van der Waals surface area contributed by atoms with E-state index in [0.717, 1.165) is 5.56 Å². The van der Waals surface area contributed by atoms with Gasteiger partial charge in [-0.05, 0) is 30.3 Å². The van der Waals surface area contributed by atoms with Crippen LogP contribution in [0.2, 0.25) is 0 Å². The third kappa shape index (κ3) is 4.58. The van der Waals surface area contributed by atoms with Crippen molar-refractivity contribution in [3.63, 3.8) is 0 Å². The van der Waals surface area contributed by atoms with Gasteiger partial charge in [0.15, 0.2) is 24.6 Å². The molecule has 1 atom stereocenters. The highest BCUT2D eigenvalue weighted by atomic mass is 16.7. The Morgan fingerprint density at radius 1 is 0.841 bits per heavy atom. The fourth-order valence-electron chi connectivity index (χ4n) is 5.54. The normalized spacial score (nSPS) is 17.8. The van der Waals surface area contributed by atoms with Crippen molar-refractivity contribution in [3.8, 4) is 23.0 Å². The first-order valence-electron chi connectivity index (χ1n) is 13.9. The second-order valence-electron chi connectivity index (χ2n) is 10.5. The van der Waals surface area contributed by atoms with Crippen LogP contribution in [0.1, 0.15) is 45.5 Å². The first-order chi connectivity index (χ1) is 21.3. The van der Waals surface area contributed by atoms with Gasteiger partial charge in [-0.25, -0.2) is 14.2 Å². The molecule has 3 aromatic carbocycles. The van der Waals surface area contributed by atoms with Crippen LogP contribution in [0.25, 0.3) is 0 Å². The number of rotatable bonds is 7. The van der Waals surface area contributed by atoms with Crippen LogP contribution in [-0.4, -0.2) is 35.4 Å². The van der Waals surface area contributed by atoms with E-state index in [1.54, 1.807) is 36.4 Å². The summed E-state index contributed by atoms with van der Waals surface area (Å²) in [7, 11) is 1.94. The monoisotopic (exact) mass is 593 g/mol. The minimum Gasteiger partial charge on any atom is -0.489 e. The molecule has 2 amide bonds. The van der Waals surface area contributed by atoms with Crippen LogP contribution in [-0.2, 0) is 43.2 Å². The van der Waals surface area contributed by atoms with Crippen molar-refractivity contribution < 1.29 is 47.5 Å². The number of hydroxylamine groups is 2. The molecule has 7 rings (SSSR count). The Morgan fingerprint density at radius 3 is 2.16 bits per heavy atom. The average Bonchev–Trinajstić information content (AvgIpc) is 3.51. The van der Waals surface area contributed by atoms with Gasteiger partial charge < -0.3 is 23.8 Å². The van der Waals surface area contributed by atoms with Gasteiger partial charge in [0.25, 0.3) is 11.8 Å². The molecule has 1 aromatic heterocycles. The molecule has 0 aliphatic carbocycles. The molecule has 0 saturated carbocycles. The highest BCUT2D eigenvalue weighted by Crippen LogP contribution is 2.57. The molecule has 0 bridgehead atoms. The molecule has 1 fully saturated rings. The predicted octanol–water partition coefficient (Wildman–Crippen LogP) is 3.64. The number of hydrogen-bond acceptors (Lipinski definition) is 9. The standard InChI is InChI=1S/C33H25N2O9/c1-34-14-12-20(13-15-34)18-40-21-6-8-25-27(16-21)42-28-17-22(41-19-31(38)44-35-29(36)10-11-30(35)37)7-9-26(28)33(25)24-5-3-2-4-23(24)32(39)43-33/h2-9,12-17H,10-11,18-19H2,1H3/q+1. The van der Waals surface area contributed by atoms with Gasteiger partial charge in [0, 0.05) is 59.4 Å². The number of nitrogens with zero attached hydrogens (tertiary/aromatic N) is 2. The summed E-state index contributed by atoms with van der Waals surface area (Å²) >= 11 is 0. The highest BCUT2D eigenvalue weighted by Gasteiger charge is 2.53. The van der Waals surface area contributed by atoms with Gasteiger partial charge in [-0.1, -0.05) is 18.2 Å². The van der Waals surface area contributed by atoms with Crippen LogP contribution >= 0.6 is 0 Å². The summed E-state index contributed by atoms with van der Waals surface area (Å²) in [6.45, 7) is -0.229. The molecule has 1 unspecified atom stereocenters. The van der Waals surface area contributed by atoms with Crippen LogP contribution in [0, 0.1) is 0 Å². The number of benzene rings is 3. The number of esters is 1. The lowest BCUT2D eigenvalue weighted by Crippen LogP contribution is -2.34. The van der Waals surface area contributed by atoms with Gasteiger partial charge in [-0.2, -0.15) is 0 Å². The Bertz CT molecular complexity index is 1840. The number of carbonyl (C=O) groups is 4. The first kappa shape index (κ1) is 27.1.